The topological polar surface area (TPSA) is 42.4 Å². The molecule has 2 N–H and O–H groups in total. The fourth-order valence-corrected chi connectivity index (χ4v) is 3.71. The lowest BCUT2D eigenvalue weighted by Crippen LogP contribution is -2.22. The largest absolute Gasteiger partial charge is 0.468 e. The van der Waals surface area contributed by atoms with Crippen LogP contribution in [0.1, 0.15) is 23.1 Å². The van der Waals surface area contributed by atoms with E-state index in [0.717, 1.165) is 25.4 Å². The van der Waals surface area contributed by atoms with E-state index in [1.54, 1.807) is 6.26 Å². The van der Waals surface area contributed by atoms with E-state index in [-0.39, 0.29) is 0 Å². The maximum absolute atomic E-state index is 5.94. The van der Waals surface area contributed by atoms with Gasteiger partial charge in [-0.2, -0.15) is 0 Å². The highest BCUT2D eigenvalue weighted by atomic mass is 32.1. The van der Waals surface area contributed by atoms with Crippen LogP contribution in [0.5, 0.6) is 0 Å². The minimum Gasteiger partial charge on any atom is -0.468 e. The van der Waals surface area contributed by atoms with Crippen molar-refractivity contribution in [2.45, 2.75) is 26.6 Å². The minimum absolute atomic E-state index is 0.604. The third kappa shape index (κ3) is 3.02. The van der Waals surface area contributed by atoms with E-state index in [1.165, 1.54) is 20.5 Å². The third-order valence-electron chi connectivity index (χ3n) is 3.76. The molecule has 0 saturated heterocycles. The van der Waals surface area contributed by atoms with Crippen molar-refractivity contribution in [3.63, 3.8) is 0 Å². The van der Waals surface area contributed by atoms with Crippen molar-refractivity contribution >= 4 is 21.4 Å². The van der Waals surface area contributed by atoms with Gasteiger partial charge in [-0.1, -0.05) is 25.1 Å². The van der Waals surface area contributed by atoms with E-state index in [1.807, 2.05) is 23.5 Å². The monoisotopic (exact) mass is 300 g/mol. The molecule has 2 heterocycles. The SMILES string of the molecule is CCN(Cc1ccco1)Cc1c(CN)sc2ccccc12. The molecule has 110 valence electrons. The van der Waals surface area contributed by atoms with Gasteiger partial charge in [0, 0.05) is 22.7 Å². The first kappa shape index (κ1) is 14.3. The highest BCUT2D eigenvalue weighted by Crippen LogP contribution is 2.32. The minimum atomic E-state index is 0.604. The first-order chi connectivity index (χ1) is 10.3. The number of fused-ring (bicyclic) bond motifs is 1. The van der Waals surface area contributed by atoms with Gasteiger partial charge in [-0.3, -0.25) is 4.90 Å². The second kappa shape index (κ2) is 6.43. The number of benzene rings is 1. The Labute approximate surface area is 129 Å². The van der Waals surface area contributed by atoms with Crippen LogP contribution < -0.4 is 5.73 Å². The lowest BCUT2D eigenvalue weighted by molar-refractivity contribution is 0.248. The van der Waals surface area contributed by atoms with Crippen LogP contribution in [-0.4, -0.2) is 11.4 Å². The Morgan fingerprint density at radius 1 is 1.14 bits per heavy atom. The molecule has 3 rings (SSSR count). The predicted molar refractivity (Wildman–Crippen MR) is 88.2 cm³/mol. The second-order valence-corrected chi connectivity index (χ2v) is 6.22. The number of rotatable bonds is 6. The molecule has 0 radical (unpaired) electrons. The van der Waals surface area contributed by atoms with Crippen LogP contribution in [0.25, 0.3) is 10.1 Å². The molecule has 0 aliphatic carbocycles. The Balaban J connectivity index is 1.88. The Morgan fingerprint density at radius 3 is 2.71 bits per heavy atom. The predicted octanol–water partition coefficient (Wildman–Crippen LogP) is 3.98. The highest BCUT2D eigenvalue weighted by Gasteiger charge is 2.14. The van der Waals surface area contributed by atoms with Gasteiger partial charge in [0.05, 0.1) is 12.8 Å². The standard InChI is InChI=1S/C17H20N2OS/c1-2-19(11-13-6-5-9-20-13)12-15-14-7-3-4-8-16(14)21-17(15)10-18/h3-9H,2,10-12,18H2,1H3. The van der Waals surface area contributed by atoms with Crippen LogP contribution >= 0.6 is 11.3 Å². The van der Waals surface area contributed by atoms with Crippen molar-refractivity contribution in [2.24, 2.45) is 5.73 Å². The summed E-state index contributed by atoms with van der Waals surface area (Å²) < 4.78 is 6.79. The molecule has 2 aromatic heterocycles. The number of hydrogen-bond acceptors (Lipinski definition) is 4. The van der Waals surface area contributed by atoms with Crippen molar-refractivity contribution in [1.29, 1.82) is 0 Å². The molecular formula is C17H20N2OS. The van der Waals surface area contributed by atoms with Crippen LogP contribution in [0.15, 0.2) is 47.1 Å². The average molecular weight is 300 g/mol. The molecule has 0 amide bonds. The zero-order chi connectivity index (χ0) is 14.7. The fraction of sp³-hybridized carbons (Fsp3) is 0.294. The molecule has 1 aromatic carbocycles. The molecular weight excluding hydrogens is 280 g/mol. The summed E-state index contributed by atoms with van der Waals surface area (Å²) >= 11 is 1.81. The van der Waals surface area contributed by atoms with E-state index in [9.17, 15) is 0 Å². The number of nitrogens with zero attached hydrogens (tertiary/aromatic N) is 1. The van der Waals surface area contributed by atoms with Crippen LogP contribution in [0, 0.1) is 0 Å². The fourth-order valence-electron chi connectivity index (χ4n) is 2.61. The van der Waals surface area contributed by atoms with E-state index in [2.05, 4.69) is 36.1 Å². The number of hydrogen-bond donors (Lipinski definition) is 1. The van der Waals surface area contributed by atoms with Gasteiger partial charge < -0.3 is 10.2 Å². The smallest absolute Gasteiger partial charge is 0.117 e. The Kier molecular flexibility index (Phi) is 4.39. The van der Waals surface area contributed by atoms with E-state index in [4.69, 9.17) is 10.2 Å². The number of furan rings is 1. The molecule has 0 aliphatic rings. The Bertz CT molecular complexity index is 703. The zero-order valence-electron chi connectivity index (χ0n) is 12.2. The molecule has 0 atom stereocenters. The number of thiophene rings is 1. The van der Waals surface area contributed by atoms with Gasteiger partial charge in [0.25, 0.3) is 0 Å². The van der Waals surface area contributed by atoms with Crippen molar-refractivity contribution in [3.05, 3.63) is 58.9 Å². The summed E-state index contributed by atoms with van der Waals surface area (Å²) in [6.45, 7) is 5.51. The highest BCUT2D eigenvalue weighted by molar-refractivity contribution is 7.19. The van der Waals surface area contributed by atoms with Crippen LogP contribution in [-0.2, 0) is 19.6 Å². The summed E-state index contributed by atoms with van der Waals surface area (Å²) in [5, 5.41) is 1.33. The summed E-state index contributed by atoms with van der Waals surface area (Å²) in [5.41, 5.74) is 7.31. The molecule has 21 heavy (non-hydrogen) atoms. The lowest BCUT2D eigenvalue weighted by Gasteiger charge is -2.19. The van der Waals surface area contributed by atoms with Gasteiger partial charge in [0.2, 0.25) is 0 Å². The summed E-state index contributed by atoms with van der Waals surface area (Å²) in [6.07, 6.45) is 1.73. The molecule has 0 bridgehead atoms. The molecule has 3 aromatic rings. The molecule has 3 nitrogen and oxygen atoms in total. The Morgan fingerprint density at radius 2 is 2.00 bits per heavy atom. The van der Waals surface area contributed by atoms with Crippen molar-refractivity contribution in [2.75, 3.05) is 6.54 Å². The summed E-state index contributed by atoms with van der Waals surface area (Å²) in [5.74, 6) is 1.01. The lowest BCUT2D eigenvalue weighted by atomic mass is 10.1. The second-order valence-electron chi connectivity index (χ2n) is 5.09. The van der Waals surface area contributed by atoms with Crippen LogP contribution in [0.4, 0.5) is 0 Å². The van der Waals surface area contributed by atoms with Crippen LogP contribution in [0.2, 0.25) is 0 Å². The first-order valence-corrected chi connectivity index (χ1v) is 8.07. The molecule has 4 heteroatoms. The van der Waals surface area contributed by atoms with Gasteiger partial charge in [-0.25, -0.2) is 0 Å². The van der Waals surface area contributed by atoms with Crippen molar-refractivity contribution in [1.82, 2.24) is 4.90 Å². The molecule has 0 saturated carbocycles. The maximum atomic E-state index is 5.94. The zero-order valence-corrected chi connectivity index (χ0v) is 13.0. The van der Waals surface area contributed by atoms with Gasteiger partial charge in [-0.15, -0.1) is 11.3 Å². The van der Waals surface area contributed by atoms with Gasteiger partial charge in [-0.05, 0) is 35.7 Å². The van der Waals surface area contributed by atoms with Crippen LogP contribution in [0.3, 0.4) is 0 Å². The molecule has 0 aliphatic heterocycles. The normalized spacial score (nSPS) is 11.6. The first-order valence-electron chi connectivity index (χ1n) is 7.26. The molecule has 0 fully saturated rings. The van der Waals surface area contributed by atoms with Gasteiger partial charge in [0.1, 0.15) is 5.76 Å². The van der Waals surface area contributed by atoms with E-state index >= 15 is 0 Å². The molecule has 0 unspecified atom stereocenters. The average Bonchev–Trinajstić information content (AvgIpc) is 3.14. The van der Waals surface area contributed by atoms with Crippen molar-refractivity contribution < 1.29 is 4.42 Å². The summed E-state index contributed by atoms with van der Waals surface area (Å²) in [6, 6.07) is 12.5. The Hall–Kier alpha value is -1.62. The quantitative estimate of drug-likeness (QED) is 0.749. The molecule has 0 spiro atoms. The van der Waals surface area contributed by atoms with E-state index < -0.39 is 0 Å². The summed E-state index contributed by atoms with van der Waals surface area (Å²) in [4.78, 5) is 3.67. The van der Waals surface area contributed by atoms with Gasteiger partial charge >= 0.3 is 0 Å². The third-order valence-corrected chi connectivity index (χ3v) is 4.99. The van der Waals surface area contributed by atoms with Gasteiger partial charge in [0.15, 0.2) is 0 Å². The van der Waals surface area contributed by atoms with Crippen molar-refractivity contribution in [3.8, 4) is 0 Å². The van der Waals surface area contributed by atoms with E-state index in [0.29, 0.717) is 6.54 Å². The summed E-state index contributed by atoms with van der Waals surface area (Å²) in [7, 11) is 0. The maximum Gasteiger partial charge on any atom is 0.117 e. The number of nitrogens with two attached hydrogens (primary N) is 1.